The van der Waals surface area contributed by atoms with Crippen molar-refractivity contribution in [2.75, 3.05) is 13.6 Å². The zero-order chi connectivity index (χ0) is 11.1. The van der Waals surface area contributed by atoms with E-state index in [1.54, 1.807) is 6.92 Å². The van der Waals surface area contributed by atoms with Gasteiger partial charge in [0.1, 0.15) is 5.78 Å². The Morgan fingerprint density at radius 1 is 1.25 bits per heavy atom. The molecule has 1 heterocycles. The first-order valence-electron chi connectivity index (χ1n) is 6.86. The summed E-state index contributed by atoms with van der Waals surface area (Å²) in [6.07, 6.45) is 5.83. The summed E-state index contributed by atoms with van der Waals surface area (Å²) in [6.45, 7) is 2.99. The van der Waals surface area contributed by atoms with Gasteiger partial charge in [0.2, 0.25) is 0 Å². The molecule has 2 nitrogen and oxygen atoms in total. The molecule has 1 spiro atoms. The highest BCUT2D eigenvalue weighted by Gasteiger charge is 2.71. The summed E-state index contributed by atoms with van der Waals surface area (Å²) in [5, 5.41) is 0. The lowest BCUT2D eigenvalue weighted by Crippen LogP contribution is -2.39. The average molecular weight is 219 g/mol. The van der Waals surface area contributed by atoms with E-state index in [4.69, 9.17) is 0 Å². The molecule has 0 N–H and O–H groups in total. The number of likely N-dealkylation sites (N-methyl/N-ethyl adjacent to an activating group) is 1. The van der Waals surface area contributed by atoms with E-state index >= 15 is 0 Å². The minimum atomic E-state index is 0.262. The van der Waals surface area contributed by atoms with E-state index in [-0.39, 0.29) is 6.04 Å². The second-order valence-electron chi connectivity index (χ2n) is 6.76. The number of rotatable bonds is 1. The second kappa shape index (κ2) is 2.72. The summed E-state index contributed by atoms with van der Waals surface area (Å²) in [7, 11) is 2.16. The third-order valence-electron chi connectivity index (χ3n) is 6.32. The minimum Gasteiger partial charge on any atom is -0.298 e. The Morgan fingerprint density at radius 2 is 1.94 bits per heavy atom. The fourth-order valence-corrected chi connectivity index (χ4v) is 5.90. The fourth-order valence-electron chi connectivity index (χ4n) is 5.90. The molecule has 4 aliphatic rings. The highest BCUT2D eigenvalue weighted by atomic mass is 16.1. The fraction of sp³-hybridized carbons (Fsp3) is 0.929. The van der Waals surface area contributed by atoms with Crippen LogP contribution in [0.15, 0.2) is 0 Å². The van der Waals surface area contributed by atoms with Crippen molar-refractivity contribution in [1.29, 1.82) is 0 Å². The Bertz CT molecular complexity index is 360. The van der Waals surface area contributed by atoms with E-state index in [2.05, 4.69) is 11.9 Å². The van der Waals surface area contributed by atoms with Crippen molar-refractivity contribution < 1.29 is 4.79 Å². The lowest BCUT2D eigenvalue weighted by atomic mass is 9.77. The molecule has 3 aliphatic carbocycles. The molecule has 0 aromatic rings. The zero-order valence-corrected chi connectivity index (χ0v) is 10.3. The number of likely N-dealkylation sites (tertiary alicyclic amines) is 1. The van der Waals surface area contributed by atoms with Gasteiger partial charge in [-0.05, 0) is 68.7 Å². The van der Waals surface area contributed by atoms with Crippen LogP contribution < -0.4 is 0 Å². The van der Waals surface area contributed by atoms with Gasteiger partial charge in [-0.3, -0.25) is 9.69 Å². The maximum absolute atomic E-state index is 11.9. The van der Waals surface area contributed by atoms with E-state index in [1.165, 1.54) is 32.2 Å². The normalized spacial score (nSPS) is 52.2. The SMILES string of the molecule is CC(=O)[C@@H]1[C@@H]2[C@H](CN1C)[C@@H]1CC[C@H]2C12CC2. The minimum absolute atomic E-state index is 0.262. The van der Waals surface area contributed by atoms with Crippen LogP contribution in [-0.2, 0) is 4.79 Å². The molecule has 2 bridgehead atoms. The van der Waals surface area contributed by atoms with Gasteiger partial charge in [0, 0.05) is 6.54 Å². The van der Waals surface area contributed by atoms with Crippen LogP contribution in [0.4, 0.5) is 0 Å². The Hall–Kier alpha value is -0.370. The summed E-state index contributed by atoms with van der Waals surface area (Å²) in [5.41, 5.74) is 0.740. The van der Waals surface area contributed by atoms with E-state index in [1.807, 2.05) is 0 Å². The molecule has 0 radical (unpaired) electrons. The number of fused-ring (bicyclic) bond motifs is 3. The van der Waals surface area contributed by atoms with Gasteiger partial charge in [0.15, 0.2) is 0 Å². The number of Topliss-reactive ketones (excluding diaryl/α,β-unsaturated/α-hetero) is 1. The second-order valence-corrected chi connectivity index (χ2v) is 6.76. The molecular formula is C14H21NO. The number of hydrogen-bond donors (Lipinski definition) is 0. The Labute approximate surface area is 97.4 Å². The van der Waals surface area contributed by atoms with E-state index in [0.29, 0.717) is 5.78 Å². The predicted octanol–water partition coefficient (Wildman–Crippen LogP) is 1.94. The van der Waals surface area contributed by atoms with Crippen LogP contribution >= 0.6 is 0 Å². The maximum atomic E-state index is 11.9. The molecule has 3 saturated carbocycles. The van der Waals surface area contributed by atoms with Crippen LogP contribution in [0.2, 0.25) is 0 Å². The van der Waals surface area contributed by atoms with Crippen molar-refractivity contribution in [1.82, 2.24) is 4.90 Å². The van der Waals surface area contributed by atoms with Crippen molar-refractivity contribution in [2.45, 2.75) is 38.6 Å². The van der Waals surface area contributed by atoms with E-state index in [0.717, 1.165) is 29.1 Å². The first-order valence-corrected chi connectivity index (χ1v) is 6.86. The first-order chi connectivity index (χ1) is 7.65. The van der Waals surface area contributed by atoms with Gasteiger partial charge in [-0.1, -0.05) is 0 Å². The molecule has 4 fully saturated rings. The van der Waals surface area contributed by atoms with Gasteiger partial charge in [0.05, 0.1) is 6.04 Å². The largest absolute Gasteiger partial charge is 0.298 e. The molecule has 0 aromatic heterocycles. The summed E-state index contributed by atoms with van der Waals surface area (Å²) in [4.78, 5) is 14.2. The maximum Gasteiger partial charge on any atom is 0.147 e. The first kappa shape index (κ1) is 9.64. The standard InChI is InChI=1S/C14H21NO/c1-8(16)13-12-9(7-15(13)2)10-3-4-11(12)14(10)5-6-14/h9-13H,3-7H2,1-2H3/t9-,10+,11-,12-,13-/m1/s1. The number of hydrogen-bond acceptors (Lipinski definition) is 2. The highest BCUT2D eigenvalue weighted by molar-refractivity contribution is 5.82. The number of ketones is 1. The molecule has 16 heavy (non-hydrogen) atoms. The number of carbonyl (C=O) groups is 1. The molecular weight excluding hydrogens is 198 g/mol. The Kier molecular flexibility index (Phi) is 1.64. The quantitative estimate of drug-likeness (QED) is 0.672. The van der Waals surface area contributed by atoms with Crippen LogP contribution in [0.3, 0.4) is 0 Å². The summed E-state index contributed by atoms with van der Waals surface area (Å²) >= 11 is 0. The van der Waals surface area contributed by atoms with Crippen LogP contribution in [0.25, 0.3) is 0 Å². The van der Waals surface area contributed by atoms with Crippen LogP contribution in [0.5, 0.6) is 0 Å². The van der Waals surface area contributed by atoms with Gasteiger partial charge in [0.25, 0.3) is 0 Å². The van der Waals surface area contributed by atoms with Gasteiger partial charge < -0.3 is 0 Å². The van der Waals surface area contributed by atoms with Crippen molar-refractivity contribution in [3.63, 3.8) is 0 Å². The molecule has 1 aliphatic heterocycles. The average Bonchev–Trinajstić information content (AvgIpc) is 2.73. The van der Waals surface area contributed by atoms with E-state index < -0.39 is 0 Å². The molecule has 5 atom stereocenters. The lowest BCUT2D eigenvalue weighted by Gasteiger charge is -2.28. The van der Waals surface area contributed by atoms with Crippen molar-refractivity contribution >= 4 is 5.78 Å². The van der Waals surface area contributed by atoms with Crippen molar-refractivity contribution in [2.24, 2.45) is 29.1 Å². The van der Waals surface area contributed by atoms with Crippen LogP contribution in [0.1, 0.15) is 32.6 Å². The number of nitrogens with zero attached hydrogens (tertiary/aromatic N) is 1. The topological polar surface area (TPSA) is 20.3 Å². The summed E-state index contributed by atoms with van der Waals surface area (Å²) < 4.78 is 0. The molecule has 1 saturated heterocycles. The zero-order valence-electron chi connectivity index (χ0n) is 10.3. The molecule has 0 aromatic carbocycles. The van der Waals surface area contributed by atoms with Gasteiger partial charge in [-0.25, -0.2) is 0 Å². The highest BCUT2D eigenvalue weighted by Crippen LogP contribution is 2.76. The third-order valence-corrected chi connectivity index (χ3v) is 6.32. The lowest BCUT2D eigenvalue weighted by molar-refractivity contribution is -0.122. The van der Waals surface area contributed by atoms with Gasteiger partial charge >= 0.3 is 0 Å². The van der Waals surface area contributed by atoms with Crippen molar-refractivity contribution in [3.05, 3.63) is 0 Å². The Morgan fingerprint density at radius 3 is 2.56 bits per heavy atom. The third kappa shape index (κ3) is 0.883. The summed E-state index contributed by atoms with van der Waals surface area (Å²) in [6, 6.07) is 0.262. The van der Waals surface area contributed by atoms with Crippen LogP contribution in [0, 0.1) is 29.1 Å². The molecule has 4 rings (SSSR count). The van der Waals surface area contributed by atoms with E-state index in [9.17, 15) is 4.79 Å². The monoisotopic (exact) mass is 219 g/mol. The molecule has 0 amide bonds. The van der Waals surface area contributed by atoms with Gasteiger partial charge in [-0.15, -0.1) is 0 Å². The summed E-state index contributed by atoms with van der Waals surface area (Å²) in [5.74, 6) is 3.89. The number of carbonyl (C=O) groups excluding carboxylic acids is 1. The molecule has 0 unspecified atom stereocenters. The Balaban J connectivity index is 1.74. The van der Waals surface area contributed by atoms with Crippen molar-refractivity contribution in [3.8, 4) is 0 Å². The molecule has 88 valence electrons. The van der Waals surface area contributed by atoms with Gasteiger partial charge in [-0.2, -0.15) is 0 Å². The smallest absolute Gasteiger partial charge is 0.147 e. The predicted molar refractivity (Wildman–Crippen MR) is 62.0 cm³/mol. The molecule has 2 heteroatoms. The van der Waals surface area contributed by atoms with Crippen LogP contribution in [-0.4, -0.2) is 30.3 Å².